The first-order valence-electron chi connectivity index (χ1n) is 7.14. The SMILES string of the molecule is Cc1cc(C)c(C(C)NCCc2ccnn2C)c(C)n1. The van der Waals surface area contributed by atoms with Gasteiger partial charge in [-0.2, -0.15) is 5.10 Å². The molecule has 20 heavy (non-hydrogen) atoms. The van der Waals surface area contributed by atoms with Crippen LogP contribution >= 0.6 is 0 Å². The molecule has 0 saturated carbocycles. The molecule has 0 aliphatic carbocycles. The van der Waals surface area contributed by atoms with Crippen LogP contribution in [0.5, 0.6) is 0 Å². The minimum absolute atomic E-state index is 0.316. The highest BCUT2D eigenvalue weighted by atomic mass is 15.3. The Labute approximate surface area is 121 Å². The van der Waals surface area contributed by atoms with Gasteiger partial charge >= 0.3 is 0 Å². The lowest BCUT2D eigenvalue weighted by atomic mass is 10.0. The van der Waals surface area contributed by atoms with Crippen molar-refractivity contribution in [2.24, 2.45) is 7.05 Å². The van der Waals surface area contributed by atoms with Crippen LogP contribution in [0, 0.1) is 20.8 Å². The van der Waals surface area contributed by atoms with E-state index in [1.165, 1.54) is 16.8 Å². The van der Waals surface area contributed by atoms with Crippen LogP contribution in [-0.2, 0) is 13.5 Å². The van der Waals surface area contributed by atoms with Crippen molar-refractivity contribution in [2.45, 2.75) is 40.2 Å². The number of nitrogens with zero attached hydrogens (tertiary/aromatic N) is 3. The lowest BCUT2D eigenvalue weighted by Crippen LogP contribution is -2.24. The van der Waals surface area contributed by atoms with Crippen LogP contribution in [0.25, 0.3) is 0 Å². The average Bonchev–Trinajstić information content (AvgIpc) is 2.74. The molecule has 0 amide bonds. The molecule has 2 aromatic rings. The Balaban J connectivity index is 1.99. The van der Waals surface area contributed by atoms with Crippen LogP contribution in [0.15, 0.2) is 18.3 Å². The molecule has 0 saturated heterocycles. The summed E-state index contributed by atoms with van der Waals surface area (Å²) in [5.41, 5.74) is 6.10. The molecule has 4 heteroatoms. The summed E-state index contributed by atoms with van der Waals surface area (Å²) in [7, 11) is 1.98. The minimum atomic E-state index is 0.316. The number of aromatic nitrogens is 3. The van der Waals surface area contributed by atoms with E-state index in [1.807, 2.05) is 24.9 Å². The quantitative estimate of drug-likeness (QED) is 0.910. The lowest BCUT2D eigenvalue weighted by molar-refractivity contribution is 0.557. The van der Waals surface area contributed by atoms with Crippen LogP contribution in [0.4, 0.5) is 0 Å². The molecule has 0 aromatic carbocycles. The molecular weight excluding hydrogens is 248 g/mol. The minimum Gasteiger partial charge on any atom is -0.310 e. The molecule has 2 rings (SSSR count). The van der Waals surface area contributed by atoms with E-state index in [0.717, 1.165) is 24.4 Å². The molecule has 2 heterocycles. The van der Waals surface area contributed by atoms with E-state index in [2.05, 4.69) is 48.3 Å². The molecule has 0 spiro atoms. The molecule has 0 aliphatic heterocycles. The third-order valence-electron chi connectivity index (χ3n) is 3.77. The summed E-state index contributed by atoms with van der Waals surface area (Å²) in [6, 6.07) is 4.54. The summed E-state index contributed by atoms with van der Waals surface area (Å²) in [6.45, 7) is 9.44. The maximum absolute atomic E-state index is 4.57. The zero-order valence-electron chi connectivity index (χ0n) is 13.1. The van der Waals surface area contributed by atoms with E-state index < -0.39 is 0 Å². The van der Waals surface area contributed by atoms with Gasteiger partial charge in [0.25, 0.3) is 0 Å². The predicted octanol–water partition coefficient (Wildman–Crippen LogP) is 2.63. The number of aryl methyl sites for hydroxylation is 4. The van der Waals surface area contributed by atoms with Crippen molar-refractivity contribution in [1.29, 1.82) is 0 Å². The van der Waals surface area contributed by atoms with Crippen LogP contribution in [0.3, 0.4) is 0 Å². The molecule has 0 aliphatic rings. The second-order valence-electron chi connectivity index (χ2n) is 5.45. The van der Waals surface area contributed by atoms with Gasteiger partial charge in [0.1, 0.15) is 0 Å². The molecular formula is C16H24N4. The number of hydrogen-bond donors (Lipinski definition) is 1. The van der Waals surface area contributed by atoms with Crippen molar-refractivity contribution < 1.29 is 0 Å². The van der Waals surface area contributed by atoms with Crippen molar-refractivity contribution in [1.82, 2.24) is 20.1 Å². The molecule has 2 aromatic heterocycles. The monoisotopic (exact) mass is 272 g/mol. The van der Waals surface area contributed by atoms with Gasteiger partial charge in [-0.3, -0.25) is 9.67 Å². The normalized spacial score (nSPS) is 12.7. The van der Waals surface area contributed by atoms with E-state index >= 15 is 0 Å². The number of hydrogen-bond acceptors (Lipinski definition) is 3. The van der Waals surface area contributed by atoms with Gasteiger partial charge in [0.05, 0.1) is 0 Å². The number of pyridine rings is 1. The van der Waals surface area contributed by atoms with Gasteiger partial charge in [-0.05, 0) is 51.0 Å². The topological polar surface area (TPSA) is 42.7 Å². The Morgan fingerprint density at radius 3 is 2.65 bits per heavy atom. The maximum Gasteiger partial charge on any atom is 0.0492 e. The Kier molecular flexibility index (Phi) is 4.55. The smallest absolute Gasteiger partial charge is 0.0492 e. The maximum atomic E-state index is 4.57. The van der Waals surface area contributed by atoms with Gasteiger partial charge in [0, 0.05) is 49.3 Å². The highest BCUT2D eigenvalue weighted by Crippen LogP contribution is 2.21. The first-order valence-corrected chi connectivity index (χ1v) is 7.14. The van der Waals surface area contributed by atoms with E-state index in [9.17, 15) is 0 Å². The second-order valence-corrected chi connectivity index (χ2v) is 5.45. The summed E-state index contributed by atoms with van der Waals surface area (Å²) in [6.07, 6.45) is 2.83. The standard InChI is InChI=1S/C16H24N4/c1-11-10-12(2)19-14(4)16(11)13(3)17-8-6-15-7-9-18-20(15)5/h7,9-10,13,17H,6,8H2,1-5H3. The van der Waals surface area contributed by atoms with Crippen LogP contribution in [-0.4, -0.2) is 21.3 Å². The fraction of sp³-hybridized carbons (Fsp3) is 0.500. The van der Waals surface area contributed by atoms with Crippen molar-refractivity contribution in [3.05, 3.63) is 46.5 Å². The zero-order valence-corrected chi connectivity index (χ0v) is 13.1. The van der Waals surface area contributed by atoms with Gasteiger partial charge in [-0.15, -0.1) is 0 Å². The summed E-state index contributed by atoms with van der Waals surface area (Å²) in [4.78, 5) is 4.57. The summed E-state index contributed by atoms with van der Waals surface area (Å²) >= 11 is 0. The molecule has 1 atom stereocenters. The molecule has 0 radical (unpaired) electrons. The zero-order chi connectivity index (χ0) is 14.7. The summed E-state index contributed by atoms with van der Waals surface area (Å²) in [5.74, 6) is 0. The fourth-order valence-electron chi connectivity index (χ4n) is 2.85. The molecule has 0 fully saturated rings. The molecule has 4 nitrogen and oxygen atoms in total. The van der Waals surface area contributed by atoms with Crippen molar-refractivity contribution in [3.8, 4) is 0 Å². The molecule has 108 valence electrons. The Morgan fingerprint density at radius 2 is 2.05 bits per heavy atom. The largest absolute Gasteiger partial charge is 0.310 e. The third-order valence-corrected chi connectivity index (χ3v) is 3.77. The molecule has 0 bridgehead atoms. The number of nitrogens with one attached hydrogen (secondary N) is 1. The second kappa shape index (κ2) is 6.18. The van der Waals surface area contributed by atoms with E-state index in [-0.39, 0.29) is 0 Å². The van der Waals surface area contributed by atoms with E-state index in [4.69, 9.17) is 0 Å². The lowest BCUT2D eigenvalue weighted by Gasteiger charge is -2.19. The Bertz CT molecular complexity index is 563. The first kappa shape index (κ1) is 14.7. The van der Waals surface area contributed by atoms with Gasteiger partial charge in [-0.25, -0.2) is 0 Å². The summed E-state index contributed by atoms with van der Waals surface area (Å²) < 4.78 is 1.93. The van der Waals surface area contributed by atoms with Crippen molar-refractivity contribution in [3.63, 3.8) is 0 Å². The first-order chi connectivity index (χ1) is 9.49. The average molecular weight is 272 g/mol. The van der Waals surface area contributed by atoms with Crippen molar-refractivity contribution >= 4 is 0 Å². The van der Waals surface area contributed by atoms with Crippen LogP contribution in [0.2, 0.25) is 0 Å². The number of rotatable bonds is 5. The summed E-state index contributed by atoms with van der Waals surface area (Å²) in [5, 5.41) is 7.77. The van der Waals surface area contributed by atoms with Crippen molar-refractivity contribution in [2.75, 3.05) is 6.54 Å². The van der Waals surface area contributed by atoms with E-state index in [0.29, 0.717) is 6.04 Å². The fourth-order valence-corrected chi connectivity index (χ4v) is 2.85. The Hall–Kier alpha value is -1.68. The molecule has 1 unspecified atom stereocenters. The highest BCUT2D eigenvalue weighted by molar-refractivity contribution is 5.33. The van der Waals surface area contributed by atoms with Crippen LogP contribution in [0.1, 0.15) is 41.2 Å². The van der Waals surface area contributed by atoms with Gasteiger partial charge in [0.2, 0.25) is 0 Å². The molecule has 1 N–H and O–H groups in total. The van der Waals surface area contributed by atoms with E-state index in [1.54, 1.807) is 0 Å². The van der Waals surface area contributed by atoms with Gasteiger partial charge in [-0.1, -0.05) is 0 Å². The van der Waals surface area contributed by atoms with Gasteiger partial charge in [0.15, 0.2) is 0 Å². The van der Waals surface area contributed by atoms with Gasteiger partial charge < -0.3 is 5.32 Å². The van der Waals surface area contributed by atoms with Crippen LogP contribution < -0.4 is 5.32 Å². The highest BCUT2D eigenvalue weighted by Gasteiger charge is 2.12. The Morgan fingerprint density at radius 1 is 1.30 bits per heavy atom. The third kappa shape index (κ3) is 3.25. The predicted molar refractivity (Wildman–Crippen MR) is 81.8 cm³/mol.